The third kappa shape index (κ3) is 5.30. The summed E-state index contributed by atoms with van der Waals surface area (Å²) in [4.78, 5) is 24.7. The summed E-state index contributed by atoms with van der Waals surface area (Å²) >= 11 is 1.78. The van der Waals surface area contributed by atoms with Gasteiger partial charge >= 0.3 is 5.97 Å². The highest BCUT2D eigenvalue weighted by molar-refractivity contribution is 14.1. The highest BCUT2D eigenvalue weighted by Gasteiger charge is 2.26. The minimum absolute atomic E-state index is 0.0271. The molecule has 0 bridgehead atoms. The van der Waals surface area contributed by atoms with Crippen LogP contribution in [0.4, 0.5) is 0 Å². The van der Waals surface area contributed by atoms with Crippen molar-refractivity contribution in [3.63, 3.8) is 0 Å². The van der Waals surface area contributed by atoms with E-state index < -0.39 is 30.1 Å². The van der Waals surface area contributed by atoms with Crippen molar-refractivity contribution in [1.82, 2.24) is 0 Å². The fourth-order valence-corrected chi connectivity index (χ4v) is 3.11. The molecule has 0 saturated carbocycles. The van der Waals surface area contributed by atoms with E-state index in [1.165, 1.54) is 31.4 Å². The highest BCUT2D eigenvalue weighted by atomic mass is 127. The maximum Gasteiger partial charge on any atom is 0.342 e. The predicted octanol–water partition coefficient (Wildman–Crippen LogP) is 2.36. The monoisotopic (exact) mass is 488 g/mol. The molecular weight excluding hydrogens is 467 g/mol. The molecule has 3 atom stereocenters. The first-order valence-corrected chi connectivity index (χ1v) is 9.37. The van der Waals surface area contributed by atoms with Gasteiger partial charge in [-0.15, -0.1) is 0 Å². The minimum Gasteiger partial charge on any atom is -0.507 e. The summed E-state index contributed by atoms with van der Waals surface area (Å²) < 4.78 is 10.7. The predicted molar refractivity (Wildman–Crippen MR) is 107 cm³/mol. The van der Waals surface area contributed by atoms with Gasteiger partial charge in [0.1, 0.15) is 29.3 Å². The number of hydrogen-bond acceptors (Lipinski definition) is 7. The van der Waals surface area contributed by atoms with Crippen molar-refractivity contribution in [2.75, 3.05) is 7.11 Å². The number of fused-ring (bicyclic) bond motifs is 1. The third-order valence-corrected chi connectivity index (χ3v) is 5.01. The van der Waals surface area contributed by atoms with Crippen LogP contribution in [0.15, 0.2) is 27.9 Å². The molecule has 0 unspecified atom stereocenters. The fourth-order valence-electron chi connectivity index (χ4n) is 2.53. The molecule has 7 nitrogen and oxygen atoms in total. The molecule has 0 fully saturated rings. The van der Waals surface area contributed by atoms with Gasteiger partial charge in [-0.1, -0.05) is 18.2 Å². The molecule has 27 heavy (non-hydrogen) atoms. The quantitative estimate of drug-likeness (QED) is 0.411. The van der Waals surface area contributed by atoms with E-state index in [4.69, 9.17) is 9.47 Å². The van der Waals surface area contributed by atoms with E-state index in [0.717, 1.165) is 0 Å². The van der Waals surface area contributed by atoms with Crippen LogP contribution in [0.25, 0.3) is 6.08 Å². The second-order valence-corrected chi connectivity index (χ2v) is 7.29. The number of ether oxygens (including phenoxy) is 2. The number of aromatic hydroxyl groups is 1. The van der Waals surface area contributed by atoms with Crippen molar-refractivity contribution in [3.05, 3.63) is 39.0 Å². The smallest absolute Gasteiger partial charge is 0.342 e. The Morgan fingerprint density at radius 1 is 1.22 bits per heavy atom. The number of esters is 1. The van der Waals surface area contributed by atoms with E-state index in [1.807, 2.05) is 0 Å². The molecule has 8 heteroatoms. The van der Waals surface area contributed by atoms with E-state index in [9.17, 15) is 24.9 Å². The number of carbonyl (C=O) groups is 2. The topological polar surface area (TPSA) is 113 Å². The van der Waals surface area contributed by atoms with Gasteiger partial charge in [-0.3, -0.25) is 4.79 Å². The van der Waals surface area contributed by atoms with Gasteiger partial charge in [-0.25, -0.2) is 4.79 Å². The Kier molecular flexibility index (Phi) is 7.40. The maximum absolute atomic E-state index is 12.5. The molecular formula is C19H21IO7. The Morgan fingerprint density at radius 3 is 2.59 bits per heavy atom. The first kappa shape index (κ1) is 21.4. The van der Waals surface area contributed by atoms with Gasteiger partial charge in [0.25, 0.3) is 0 Å². The molecule has 1 aromatic rings. The number of halogens is 1. The lowest BCUT2D eigenvalue weighted by molar-refractivity contribution is -0.127. The number of phenols is 1. The zero-order valence-electron chi connectivity index (χ0n) is 14.9. The van der Waals surface area contributed by atoms with Crippen LogP contribution in [0, 0.1) is 0 Å². The van der Waals surface area contributed by atoms with Gasteiger partial charge in [0, 0.05) is 12.5 Å². The molecule has 0 aromatic heterocycles. The van der Waals surface area contributed by atoms with Crippen molar-refractivity contribution < 1.29 is 34.4 Å². The van der Waals surface area contributed by atoms with Crippen LogP contribution in [0.1, 0.15) is 35.7 Å². The molecule has 0 saturated heterocycles. The lowest BCUT2D eigenvalue weighted by Crippen LogP contribution is -2.33. The van der Waals surface area contributed by atoms with Crippen molar-refractivity contribution in [1.29, 1.82) is 0 Å². The number of rotatable bonds is 1. The second kappa shape index (κ2) is 9.34. The van der Waals surface area contributed by atoms with Crippen LogP contribution in [-0.4, -0.2) is 52.5 Å². The Hall–Kier alpha value is -1.91. The summed E-state index contributed by atoms with van der Waals surface area (Å²) in [5.41, 5.74) is 0.306. The van der Waals surface area contributed by atoms with Gasteiger partial charge in [0.05, 0.1) is 16.8 Å². The molecule has 1 aromatic carbocycles. The summed E-state index contributed by atoms with van der Waals surface area (Å²) in [6.45, 7) is 1.65. The number of aliphatic hydroxyl groups is 2. The maximum atomic E-state index is 12.5. The minimum atomic E-state index is -1.56. The lowest BCUT2D eigenvalue weighted by atomic mass is 10.0. The van der Waals surface area contributed by atoms with Crippen LogP contribution < -0.4 is 4.74 Å². The molecule has 0 spiro atoms. The fraction of sp³-hybridized carbons (Fsp3) is 0.368. The lowest BCUT2D eigenvalue weighted by Gasteiger charge is -2.17. The van der Waals surface area contributed by atoms with Crippen LogP contribution in [0.2, 0.25) is 0 Å². The third-order valence-electron chi connectivity index (χ3n) is 4.04. The number of ketones is 1. The van der Waals surface area contributed by atoms with Crippen LogP contribution in [-0.2, 0) is 9.53 Å². The standard InChI is InChI=1S/C19H21IO7/c1-10-6-7-13(20)17(23)18(24)14(21)5-3-4-11-8-12(26-2)9-15(22)16(11)19(25)27-10/h3-4,7-10,14,18,21-22,24H,5-6H2,1-2H3/b4-3+,13-7+/t10-,14-,18+/m0/s1. The van der Waals surface area contributed by atoms with Gasteiger partial charge in [-0.2, -0.15) is 0 Å². The average molecular weight is 488 g/mol. The van der Waals surface area contributed by atoms with Crippen molar-refractivity contribution in [3.8, 4) is 11.5 Å². The van der Waals surface area contributed by atoms with Gasteiger partial charge in [-0.05, 0) is 47.6 Å². The molecule has 2 rings (SSSR count). The summed E-state index contributed by atoms with van der Waals surface area (Å²) in [5.74, 6) is -1.26. The van der Waals surface area contributed by atoms with E-state index in [2.05, 4.69) is 0 Å². The number of hydrogen-bond donors (Lipinski definition) is 3. The van der Waals surface area contributed by atoms with Crippen LogP contribution >= 0.6 is 22.6 Å². The van der Waals surface area contributed by atoms with Gasteiger partial charge < -0.3 is 24.8 Å². The molecule has 146 valence electrons. The number of benzene rings is 1. The molecule has 1 aliphatic heterocycles. The van der Waals surface area contributed by atoms with Gasteiger partial charge in [0.15, 0.2) is 5.78 Å². The number of phenolic OH excluding ortho intramolecular Hbond substituents is 1. The SMILES string of the molecule is COc1cc(O)c2c(c1)/C=C/C[C@H](O)[C@@H](O)C(=O)/C(I)=C\C[C@H](C)OC2=O. The summed E-state index contributed by atoms with van der Waals surface area (Å²) in [5, 5.41) is 30.3. The Bertz CT molecular complexity index is 785. The number of methoxy groups -OCH3 is 1. The first-order valence-electron chi connectivity index (χ1n) is 8.29. The van der Waals surface area contributed by atoms with Crippen molar-refractivity contribution in [2.45, 2.75) is 38.1 Å². The van der Waals surface area contributed by atoms with Crippen LogP contribution in [0.5, 0.6) is 11.5 Å². The molecule has 1 heterocycles. The van der Waals surface area contributed by atoms with E-state index >= 15 is 0 Å². The Balaban J connectivity index is 2.48. The molecule has 0 aliphatic carbocycles. The molecule has 0 amide bonds. The zero-order valence-corrected chi connectivity index (χ0v) is 17.0. The van der Waals surface area contributed by atoms with Crippen molar-refractivity contribution >= 4 is 40.4 Å². The molecule has 3 N–H and O–H groups in total. The number of aliphatic hydroxyl groups excluding tert-OH is 2. The first-order chi connectivity index (χ1) is 12.7. The number of Topliss-reactive ketones (excluding diaryl/α,β-unsaturated/α-hetero) is 1. The number of cyclic esters (lactones) is 1. The Morgan fingerprint density at radius 2 is 1.93 bits per heavy atom. The molecule has 0 radical (unpaired) electrons. The van der Waals surface area contributed by atoms with Crippen molar-refractivity contribution in [2.24, 2.45) is 0 Å². The molecule has 1 aliphatic rings. The normalized spacial score (nSPS) is 27.6. The Labute approximate surface area is 170 Å². The van der Waals surface area contributed by atoms with Crippen LogP contribution in [0.3, 0.4) is 0 Å². The highest BCUT2D eigenvalue weighted by Crippen LogP contribution is 2.30. The van der Waals surface area contributed by atoms with E-state index in [1.54, 1.807) is 35.6 Å². The van der Waals surface area contributed by atoms with E-state index in [0.29, 0.717) is 11.3 Å². The summed E-state index contributed by atoms with van der Waals surface area (Å²) in [6, 6.07) is 2.85. The summed E-state index contributed by atoms with van der Waals surface area (Å²) in [6.07, 6.45) is 1.30. The zero-order chi connectivity index (χ0) is 20.1. The second-order valence-electron chi connectivity index (χ2n) is 6.13. The van der Waals surface area contributed by atoms with Gasteiger partial charge in [0.2, 0.25) is 0 Å². The summed E-state index contributed by atoms with van der Waals surface area (Å²) in [7, 11) is 1.42. The average Bonchev–Trinajstić information content (AvgIpc) is 2.63. The van der Waals surface area contributed by atoms with E-state index in [-0.39, 0.29) is 27.7 Å². The number of carbonyl (C=O) groups excluding carboxylic acids is 2. The largest absolute Gasteiger partial charge is 0.507 e.